The van der Waals surface area contributed by atoms with Gasteiger partial charge in [0.05, 0.1) is 0 Å². The normalized spacial score (nSPS) is 18.6. The Hall–Kier alpha value is -0.830. The first kappa shape index (κ1) is 8.27. The fraction of sp³-hybridized carbons (Fsp3) is 0.625. The van der Waals surface area contributed by atoms with Gasteiger partial charge in [0.2, 0.25) is 0 Å². The van der Waals surface area contributed by atoms with Gasteiger partial charge >= 0.3 is 0 Å². The minimum Gasteiger partial charge on any atom is -0.402 e. The van der Waals surface area contributed by atoms with Crippen molar-refractivity contribution in [1.29, 1.82) is 0 Å². The smallest absolute Gasteiger partial charge is 0.185 e. The highest BCUT2D eigenvalue weighted by Crippen LogP contribution is 2.21. The Morgan fingerprint density at radius 1 is 1.45 bits per heavy atom. The van der Waals surface area contributed by atoms with Gasteiger partial charge in [-0.25, -0.2) is 0 Å². The van der Waals surface area contributed by atoms with Crippen LogP contribution in [0.15, 0.2) is 11.3 Å². The van der Waals surface area contributed by atoms with Gasteiger partial charge in [-0.05, 0) is 25.7 Å². The molecule has 0 bridgehead atoms. The number of Topliss-reactive ketones (excluding diaryl/α,β-unsaturated/α-hetero) is 1. The number of nitrogens with two attached hydrogens (primary N) is 1. The molecule has 11 heavy (non-hydrogen) atoms. The number of rotatable bonds is 2. The van der Waals surface area contributed by atoms with Crippen molar-refractivity contribution in [3.05, 3.63) is 11.3 Å². The lowest BCUT2D eigenvalue weighted by atomic mass is 9.94. The van der Waals surface area contributed by atoms with E-state index < -0.39 is 6.61 Å². The Morgan fingerprint density at radius 3 is 2.64 bits per heavy atom. The number of aliphatic hydroxyl groups excluding tert-OH is 1. The van der Waals surface area contributed by atoms with Crippen LogP contribution in [0.5, 0.6) is 0 Å². The highest BCUT2D eigenvalue weighted by molar-refractivity contribution is 5.96. The molecule has 0 aliphatic heterocycles. The van der Waals surface area contributed by atoms with Crippen molar-refractivity contribution < 1.29 is 9.90 Å². The van der Waals surface area contributed by atoms with Crippen LogP contribution >= 0.6 is 0 Å². The molecule has 0 aromatic carbocycles. The molecule has 0 atom stereocenters. The molecule has 1 rings (SSSR count). The largest absolute Gasteiger partial charge is 0.402 e. The minimum atomic E-state index is -0.407. The van der Waals surface area contributed by atoms with E-state index in [2.05, 4.69) is 0 Å². The maximum atomic E-state index is 11.0. The predicted octanol–water partition coefficient (Wildman–Crippen LogP) is 0.335. The van der Waals surface area contributed by atoms with E-state index in [1.165, 1.54) is 0 Å². The van der Waals surface area contributed by atoms with Crippen LogP contribution in [0.4, 0.5) is 0 Å². The molecule has 1 aliphatic carbocycles. The molecule has 0 aromatic heterocycles. The lowest BCUT2D eigenvalue weighted by Crippen LogP contribution is -2.17. The van der Waals surface area contributed by atoms with Crippen LogP contribution in [0.2, 0.25) is 0 Å². The van der Waals surface area contributed by atoms with E-state index in [1.807, 2.05) is 0 Å². The van der Waals surface area contributed by atoms with E-state index in [0.29, 0.717) is 11.3 Å². The van der Waals surface area contributed by atoms with E-state index in [9.17, 15) is 4.79 Å². The van der Waals surface area contributed by atoms with Crippen LogP contribution in [0, 0.1) is 0 Å². The average molecular weight is 155 g/mol. The summed E-state index contributed by atoms with van der Waals surface area (Å²) >= 11 is 0. The molecule has 0 saturated carbocycles. The van der Waals surface area contributed by atoms with Gasteiger partial charge < -0.3 is 10.8 Å². The second-order valence-electron chi connectivity index (χ2n) is 2.79. The highest BCUT2D eigenvalue weighted by atomic mass is 16.3. The number of allylic oxidation sites excluding steroid dienone is 1. The summed E-state index contributed by atoms with van der Waals surface area (Å²) in [7, 11) is 0. The Morgan fingerprint density at radius 2 is 2.09 bits per heavy atom. The van der Waals surface area contributed by atoms with Gasteiger partial charge in [0.1, 0.15) is 6.61 Å². The fourth-order valence-electron chi connectivity index (χ4n) is 1.34. The van der Waals surface area contributed by atoms with Crippen molar-refractivity contribution in [3.63, 3.8) is 0 Å². The zero-order chi connectivity index (χ0) is 8.27. The molecule has 0 radical (unpaired) electrons. The van der Waals surface area contributed by atoms with E-state index in [-0.39, 0.29) is 5.78 Å². The summed E-state index contributed by atoms with van der Waals surface area (Å²) < 4.78 is 0. The standard InChI is InChI=1S/C8H13NO2/c9-7-4-2-1-3-6(7)8(11)5-10/h10H,1-5,9H2. The molecule has 1 aliphatic rings. The molecule has 0 fully saturated rings. The summed E-state index contributed by atoms with van der Waals surface area (Å²) in [6, 6.07) is 0. The third-order valence-electron chi connectivity index (χ3n) is 1.99. The quantitative estimate of drug-likeness (QED) is 0.604. The van der Waals surface area contributed by atoms with Gasteiger partial charge in [-0.15, -0.1) is 0 Å². The van der Waals surface area contributed by atoms with Gasteiger partial charge in [-0.3, -0.25) is 4.79 Å². The second-order valence-corrected chi connectivity index (χ2v) is 2.79. The summed E-state index contributed by atoms with van der Waals surface area (Å²) in [6.07, 6.45) is 3.63. The lowest BCUT2D eigenvalue weighted by molar-refractivity contribution is -0.118. The second kappa shape index (κ2) is 3.53. The van der Waals surface area contributed by atoms with Crippen LogP contribution in [0.3, 0.4) is 0 Å². The zero-order valence-electron chi connectivity index (χ0n) is 6.47. The maximum absolute atomic E-state index is 11.0. The molecule has 3 nitrogen and oxygen atoms in total. The summed E-state index contributed by atoms with van der Waals surface area (Å²) in [6.45, 7) is -0.407. The molecule has 0 aromatic rings. The first-order valence-electron chi connectivity index (χ1n) is 3.87. The number of ketones is 1. The number of aliphatic hydroxyl groups is 1. The number of hydrogen-bond acceptors (Lipinski definition) is 3. The highest BCUT2D eigenvalue weighted by Gasteiger charge is 2.15. The molecular formula is C8H13NO2. The SMILES string of the molecule is NC1=C(C(=O)CO)CCCC1. The number of carbonyl (C=O) groups excluding carboxylic acids is 1. The molecule has 3 heteroatoms. The molecule has 3 N–H and O–H groups in total. The molecule has 0 unspecified atom stereocenters. The Kier molecular flexibility index (Phi) is 2.65. The van der Waals surface area contributed by atoms with E-state index in [0.717, 1.165) is 25.7 Å². The average Bonchev–Trinajstić information content (AvgIpc) is 2.04. The zero-order valence-corrected chi connectivity index (χ0v) is 6.47. The molecule has 62 valence electrons. The summed E-state index contributed by atoms with van der Waals surface area (Å²) in [4.78, 5) is 11.0. The maximum Gasteiger partial charge on any atom is 0.185 e. The fourth-order valence-corrected chi connectivity index (χ4v) is 1.34. The van der Waals surface area contributed by atoms with E-state index in [4.69, 9.17) is 10.8 Å². The van der Waals surface area contributed by atoms with Gasteiger partial charge in [-0.2, -0.15) is 0 Å². The van der Waals surface area contributed by atoms with Crippen LogP contribution in [-0.2, 0) is 4.79 Å². The molecule has 0 spiro atoms. The monoisotopic (exact) mass is 155 g/mol. The van der Waals surface area contributed by atoms with Gasteiger partial charge in [0.25, 0.3) is 0 Å². The van der Waals surface area contributed by atoms with Crippen molar-refractivity contribution in [2.24, 2.45) is 5.73 Å². The van der Waals surface area contributed by atoms with Crippen molar-refractivity contribution in [3.8, 4) is 0 Å². The van der Waals surface area contributed by atoms with E-state index >= 15 is 0 Å². The molecule has 0 saturated heterocycles. The lowest BCUT2D eigenvalue weighted by Gasteiger charge is -2.14. The predicted molar refractivity (Wildman–Crippen MR) is 41.8 cm³/mol. The van der Waals surface area contributed by atoms with Gasteiger partial charge in [0, 0.05) is 11.3 Å². The van der Waals surface area contributed by atoms with Crippen LogP contribution in [0.25, 0.3) is 0 Å². The van der Waals surface area contributed by atoms with Gasteiger partial charge in [0.15, 0.2) is 5.78 Å². The molecule has 0 heterocycles. The van der Waals surface area contributed by atoms with Crippen molar-refractivity contribution in [2.75, 3.05) is 6.61 Å². The first-order chi connectivity index (χ1) is 5.25. The summed E-state index contributed by atoms with van der Waals surface area (Å²) in [5, 5.41) is 8.57. The summed E-state index contributed by atoms with van der Waals surface area (Å²) in [5.74, 6) is -0.206. The summed E-state index contributed by atoms with van der Waals surface area (Å²) in [5.41, 5.74) is 6.93. The van der Waals surface area contributed by atoms with Gasteiger partial charge in [-0.1, -0.05) is 0 Å². The van der Waals surface area contributed by atoms with Crippen molar-refractivity contribution in [2.45, 2.75) is 25.7 Å². The third kappa shape index (κ3) is 1.80. The Labute approximate surface area is 65.9 Å². The van der Waals surface area contributed by atoms with E-state index in [1.54, 1.807) is 0 Å². The number of carbonyl (C=O) groups is 1. The Bertz CT molecular complexity index is 196. The van der Waals surface area contributed by atoms with Crippen molar-refractivity contribution in [1.82, 2.24) is 0 Å². The number of hydrogen-bond donors (Lipinski definition) is 2. The van der Waals surface area contributed by atoms with Crippen molar-refractivity contribution >= 4 is 5.78 Å². The Balaban J connectivity index is 2.74. The van der Waals surface area contributed by atoms with Crippen LogP contribution < -0.4 is 5.73 Å². The van der Waals surface area contributed by atoms with Crippen LogP contribution in [0.1, 0.15) is 25.7 Å². The molecular weight excluding hydrogens is 142 g/mol. The first-order valence-corrected chi connectivity index (χ1v) is 3.87. The van der Waals surface area contributed by atoms with Crippen LogP contribution in [-0.4, -0.2) is 17.5 Å². The topological polar surface area (TPSA) is 63.3 Å². The molecule has 0 amide bonds. The third-order valence-corrected chi connectivity index (χ3v) is 1.99. The minimum absolute atomic E-state index is 0.206.